The summed E-state index contributed by atoms with van der Waals surface area (Å²) in [5.74, 6) is -0.675. The second kappa shape index (κ2) is 34.4. The predicted octanol–water partition coefficient (Wildman–Crippen LogP) is 15.7. The van der Waals surface area contributed by atoms with Crippen molar-refractivity contribution in [2.24, 2.45) is 29.6 Å². The standard InChI is InChI=1S/2C23H34N2O4.C23H30N2O4.3CH4/c3*1-23(2,3)29-22(28)25-10-8-16(9-11-25)12-18(14-21(26)27)19-13-17-6-4-5-7-20(17)24-15-19;;;/h13,15-16,18H,4-12,14H2,1-3H3,(H,26,27);4-7,16,18-19,24H,8-15H2,1-3H3,(H,26,27);4-7,13,15-16,18H,8-12,14H2,1-3H3,(H,26,27);3*1H4/t18-;18-,19?;18-;;;/m000.../s1. The lowest BCUT2D eigenvalue weighted by atomic mass is 9.75. The Kier molecular flexibility index (Phi) is 28.9. The Bertz CT molecular complexity index is 2940. The van der Waals surface area contributed by atoms with Crippen molar-refractivity contribution < 1.29 is 58.3 Å². The lowest BCUT2D eigenvalue weighted by molar-refractivity contribution is -0.139. The zero-order chi connectivity index (χ0) is 63.1. The van der Waals surface area contributed by atoms with Gasteiger partial charge in [-0.05, 0) is 234 Å². The molecule has 90 heavy (non-hydrogen) atoms. The summed E-state index contributed by atoms with van der Waals surface area (Å²) < 4.78 is 16.4. The summed E-state index contributed by atoms with van der Waals surface area (Å²) in [5.41, 5.74) is 6.40. The number of carbonyl (C=O) groups excluding carboxylic acids is 3. The number of aryl methyl sites for hydroxylation is 2. The van der Waals surface area contributed by atoms with Crippen molar-refractivity contribution in [3.05, 3.63) is 101 Å². The van der Waals surface area contributed by atoms with Gasteiger partial charge in [-0.2, -0.15) is 0 Å². The first-order valence-corrected chi connectivity index (χ1v) is 31.9. The van der Waals surface area contributed by atoms with Crippen molar-refractivity contribution in [3.63, 3.8) is 0 Å². The Morgan fingerprint density at radius 1 is 0.533 bits per heavy atom. The van der Waals surface area contributed by atoms with Crippen molar-refractivity contribution in [1.29, 1.82) is 0 Å². The number of carboxylic acid groups (broad SMARTS) is 3. The third-order valence-electron chi connectivity index (χ3n) is 17.4. The number of hydrogen-bond acceptors (Lipinski definition) is 12. The number of nitrogens with one attached hydrogen (secondary N) is 1. The first-order valence-electron chi connectivity index (χ1n) is 31.9. The van der Waals surface area contributed by atoms with E-state index in [1.54, 1.807) is 14.7 Å². The number of aliphatic carboxylic acids is 3. The Morgan fingerprint density at radius 3 is 1.43 bits per heavy atom. The van der Waals surface area contributed by atoms with Crippen LogP contribution in [0.5, 0.6) is 0 Å². The number of anilines is 1. The highest BCUT2D eigenvalue weighted by molar-refractivity contribution is 5.79. The number of pyridine rings is 2. The maximum atomic E-state index is 12.3. The van der Waals surface area contributed by atoms with Gasteiger partial charge in [-0.1, -0.05) is 64.7 Å². The Labute approximate surface area is 537 Å². The van der Waals surface area contributed by atoms with E-state index >= 15 is 0 Å². The first-order chi connectivity index (χ1) is 41.1. The number of rotatable bonds is 15. The molecule has 18 heteroatoms. The number of hydrogen-bond donors (Lipinski definition) is 4. The minimum atomic E-state index is -0.797. The molecule has 2 aromatic carbocycles. The smallest absolute Gasteiger partial charge is 0.410 e. The number of piperidine rings is 3. The van der Waals surface area contributed by atoms with Gasteiger partial charge in [0.2, 0.25) is 0 Å². The van der Waals surface area contributed by atoms with Crippen LogP contribution in [0.3, 0.4) is 0 Å². The van der Waals surface area contributed by atoms with Gasteiger partial charge in [0.15, 0.2) is 0 Å². The maximum Gasteiger partial charge on any atom is 0.410 e. The molecule has 4 aromatic rings. The molecule has 4 atom stereocenters. The maximum absolute atomic E-state index is 12.3. The first kappa shape index (κ1) is 75.5. The van der Waals surface area contributed by atoms with E-state index in [1.165, 1.54) is 35.3 Å². The van der Waals surface area contributed by atoms with E-state index in [0.29, 0.717) is 62.9 Å². The highest BCUT2D eigenvalue weighted by Gasteiger charge is 2.35. The van der Waals surface area contributed by atoms with E-state index in [0.717, 1.165) is 106 Å². The molecule has 0 spiro atoms. The van der Waals surface area contributed by atoms with Gasteiger partial charge in [0.05, 0.1) is 18.4 Å². The number of nitrogens with zero attached hydrogens (tertiary/aromatic N) is 5. The second-order valence-corrected chi connectivity index (χ2v) is 27.9. The number of ether oxygens (including phenoxy) is 3. The molecule has 3 amide bonds. The minimum Gasteiger partial charge on any atom is -0.481 e. The molecule has 9 rings (SSSR count). The van der Waals surface area contributed by atoms with Gasteiger partial charge >= 0.3 is 36.2 Å². The zero-order valence-corrected chi connectivity index (χ0v) is 53.2. The molecule has 18 nitrogen and oxygen atoms in total. The van der Waals surface area contributed by atoms with Crippen LogP contribution in [0.25, 0.3) is 10.9 Å². The van der Waals surface area contributed by atoms with Gasteiger partial charge in [0.25, 0.3) is 0 Å². The minimum absolute atomic E-state index is 0. The predicted molar refractivity (Wildman–Crippen MR) is 356 cm³/mol. The average Bonchev–Trinajstić information content (AvgIpc) is 1.10. The molecule has 3 saturated heterocycles. The van der Waals surface area contributed by atoms with Crippen LogP contribution >= 0.6 is 0 Å². The summed E-state index contributed by atoms with van der Waals surface area (Å²) >= 11 is 0. The molecule has 0 saturated carbocycles. The highest BCUT2D eigenvalue weighted by Crippen LogP contribution is 2.38. The molecule has 4 aliphatic heterocycles. The van der Waals surface area contributed by atoms with E-state index in [1.807, 2.05) is 111 Å². The topological polar surface area (TPSA) is 238 Å². The van der Waals surface area contributed by atoms with Crippen LogP contribution in [0.1, 0.15) is 214 Å². The number of aromatic nitrogens is 2. The molecule has 4 N–H and O–H groups in total. The van der Waals surface area contributed by atoms with E-state index in [4.69, 9.17) is 14.2 Å². The number of likely N-dealkylation sites (tertiary alicyclic amines) is 3. The fourth-order valence-corrected chi connectivity index (χ4v) is 13.0. The quantitative estimate of drug-likeness (QED) is 0.0810. The van der Waals surface area contributed by atoms with Crippen molar-refractivity contribution in [2.75, 3.05) is 51.1 Å². The van der Waals surface area contributed by atoms with E-state index in [2.05, 4.69) is 39.6 Å². The zero-order valence-electron chi connectivity index (χ0n) is 53.2. The van der Waals surface area contributed by atoms with Crippen LogP contribution in [0.2, 0.25) is 0 Å². The number of benzene rings is 2. The molecule has 0 bridgehead atoms. The van der Waals surface area contributed by atoms with Gasteiger partial charge in [-0.25, -0.2) is 14.4 Å². The molecular weight excluding hydrogens is 1140 g/mol. The van der Waals surface area contributed by atoms with Gasteiger partial charge < -0.3 is 49.5 Å². The molecule has 6 heterocycles. The Balaban J connectivity index is 0.000000284. The van der Waals surface area contributed by atoms with Gasteiger partial charge in [0.1, 0.15) is 16.8 Å². The van der Waals surface area contributed by atoms with E-state index in [9.17, 15) is 44.1 Å². The monoisotopic (exact) mass is 1250 g/mol. The fraction of sp³-hybridized carbons (Fsp3) is 0.639. The van der Waals surface area contributed by atoms with Crippen LogP contribution in [0, 0.1) is 29.6 Å². The molecule has 1 unspecified atom stereocenters. The third-order valence-corrected chi connectivity index (χ3v) is 17.4. The molecule has 2 aromatic heterocycles. The summed E-state index contributed by atoms with van der Waals surface area (Å²) in [4.78, 5) is 85.7. The molecule has 1 aliphatic carbocycles. The fourth-order valence-electron chi connectivity index (χ4n) is 13.0. The summed E-state index contributed by atoms with van der Waals surface area (Å²) in [6.07, 6.45) is 16.6. The van der Waals surface area contributed by atoms with Crippen molar-refractivity contribution in [2.45, 2.75) is 222 Å². The molecule has 500 valence electrons. The summed E-state index contributed by atoms with van der Waals surface area (Å²) in [6, 6.07) is 20.4. The van der Waals surface area contributed by atoms with Crippen LogP contribution in [0.4, 0.5) is 20.1 Å². The third kappa shape index (κ3) is 24.3. The number of carbonyl (C=O) groups is 6. The van der Waals surface area contributed by atoms with Gasteiger partial charge in [-0.15, -0.1) is 0 Å². The van der Waals surface area contributed by atoms with E-state index in [-0.39, 0.29) is 77.6 Å². The second-order valence-electron chi connectivity index (χ2n) is 27.9. The van der Waals surface area contributed by atoms with Crippen LogP contribution in [0.15, 0.2) is 73.1 Å². The van der Waals surface area contributed by atoms with Crippen LogP contribution in [-0.4, -0.2) is 139 Å². The van der Waals surface area contributed by atoms with Crippen molar-refractivity contribution in [3.8, 4) is 0 Å². The summed E-state index contributed by atoms with van der Waals surface area (Å²) in [5, 5.41) is 32.9. The number of para-hydroxylation sites is 2. The summed E-state index contributed by atoms with van der Waals surface area (Å²) in [6.45, 7) is 21.7. The molecular formula is C72H110N6O12. The van der Waals surface area contributed by atoms with Crippen LogP contribution in [-0.2, 0) is 47.9 Å². The average molecular weight is 1250 g/mol. The summed E-state index contributed by atoms with van der Waals surface area (Å²) in [7, 11) is 0. The number of fused-ring (bicyclic) bond motifs is 3. The molecule has 0 radical (unpaired) electrons. The van der Waals surface area contributed by atoms with Crippen molar-refractivity contribution in [1.82, 2.24) is 24.7 Å². The lowest BCUT2D eigenvalue weighted by Crippen LogP contribution is -2.42. The number of carboxylic acids is 3. The normalized spacial score (nSPS) is 18.2. The number of amides is 3. The SMILES string of the molecule is C.C.C.CC(C)(C)OC(=O)N1CCC(C[C@@H](CC(=O)O)C2CNc3ccccc3C2)CC1.CC(C)(C)OC(=O)N1CCC(C[C@@H](CC(=O)O)c2cnc3c(c2)CCCC3)CC1.CC(C)(C)OC(=O)N1CCC(C[C@@H](CC(=O)O)c2cnc3ccccc3c2)CC1. The lowest BCUT2D eigenvalue weighted by Gasteiger charge is -2.37. The molecule has 5 aliphatic rings. The van der Waals surface area contributed by atoms with Gasteiger partial charge in [0, 0.05) is 81.4 Å². The highest BCUT2D eigenvalue weighted by atomic mass is 16.6. The Hall–Kier alpha value is -6.98. The van der Waals surface area contributed by atoms with E-state index < -0.39 is 34.7 Å². The largest absolute Gasteiger partial charge is 0.481 e. The Morgan fingerprint density at radius 2 is 0.956 bits per heavy atom. The van der Waals surface area contributed by atoms with Gasteiger partial charge in [-0.3, -0.25) is 24.4 Å². The van der Waals surface area contributed by atoms with Crippen molar-refractivity contribution >= 4 is 52.8 Å². The van der Waals surface area contributed by atoms with Crippen LogP contribution < -0.4 is 5.32 Å². The molecule has 3 fully saturated rings.